The number of halogens is 1. The van der Waals surface area contributed by atoms with Crippen molar-refractivity contribution < 1.29 is 28.2 Å². The number of carbonyl (C=O) groups excluding carboxylic acids is 2. The van der Waals surface area contributed by atoms with Crippen LogP contribution in [0.15, 0.2) is 97.1 Å². The van der Waals surface area contributed by atoms with E-state index in [1.165, 1.54) is 19.2 Å². The van der Waals surface area contributed by atoms with E-state index in [1.54, 1.807) is 6.07 Å². The number of rotatable bonds is 9. The van der Waals surface area contributed by atoms with Gasteiger partial charge in [-0.15, -0.1) is 0 Å². The summed E-state index contributed by atoms with van der Waals surface area (Å²) in [6.07, 6.45) is -0.891. The van der Waals surface area contributed by atoms with Crippen LogP contribution in [-0.4, -0.2) is 31.8 Å². The highest BCUT2D eigenvalue weighted by atomic mass is 19.1. The van der Waals surface area contributed by atoms with Crippen molar-refractivity contribution in [3.05, 3.63) is 125 Å². The molecule has 1 atom stereocenters. The van der Waals surface area contributed by atoms with E-state index in [-0.39, 0.29) is 24.5 Å². The third kappa shape index (κ3) is 5.93. The summed E-state index contributed by atoms with van der Waals surface area (Å²) in [4.78, 5) is 25.2. The first kappa shape index (κ1) is 26.0. The van der Waals surface area contributed by atoms with Gasteiger partial charge in [0.25, 0.3) is 0 Å². The molecule has 1 aliphatic rings. The van der Waals surface area contributed by atoms with Gasteiger partial charge in [-0.05, 0) is 39.4 Å². The van der Waals surface area contributed by atoms with Crippen LogP contribution in [0.25, 0.3) is 11.1 Å². The van der Waals surface area contributed by atoms with Crippen molar-refractivity contribution in [3.63, 3.8) is 0 Å². The van der Waals surface area contributed by atoms with Crippen molar-refractivity contribution >= 4 is 12.1 Å². The van der Waals surface area contributed by atoms with E-state index in [2.05, 4.69) is 5.32 Å². The quantitative estimate of drug-likeness (QED) is 0.270. The number of amides is 1. The topological polar surface area (TPSA) is 73.9 Å². The third-order valence-corrected chi connectivity index (χ3v) is 6.82. The summed E-state index contributed by atoms with van der Waals surface area (Å²) < 4.78 is 31.0. The van der Waals surface area contributed by atoms with Crippen molar-refractivity contribution in [2.45, 2.75) is 25.0 Å². The van der Waals surface area contributed by atoms with Crippen LogP contribution in [0.1, 0.15) is 28.2 Å². The largest absolute Gasteiger partial charge is 0.489 e. The molecule has 39 heavy (non-hydrogen) atoms. The lowest BCUT2D eigenvalue weighted by Gasteiger charge is -2.19. The number of ether oxygens (including phenoxy) is 3. The Bertz CT molecular complexity index is 1430. The van der Waals surface area contributed by atoms with Crippen LogP contribution in [0.3, 0.4) is 0 Å². The summed E-state index contributed by atoms with van der Waals surface area (Å²) in [5.74, 6) is -1.02. The second-order valence-corrected chi connectivity index (χ2v) is 9.28. The first-order chi connectivity index (χ1) is 19.0. The first-order valence-electron chi connectivity index (χ1n) is 12.7. The molecular weight excluding hydrogens is 497 g/mol. The molecule has 1 N–H and O–H groups in total. The predicted molar refractivity (Wildman–Crippen MR) is 145 cm³/mol. The number of fused-ring (bicyclic) bond motifs is 3. The molecule has 4 aromatic rings. The van der Waals surface area contributed by atoms with Gasteiger partial charge in [0.1, 0.15) is 30.8 Å². The lowest BCUT2D eigenvalue weighted by atomic mass is 9.98. The Labute approximate surface area is 226 Å². The molecule has 0 aliphatic heterocycles. The Balaban J connectivity index is 1.22. The van der Waals surface area contributed by atoms with E-state index in [4.69, 9.17) is 14.2 Å². The van der Waals surface area contributed by atoms with Crippen molar-refractivity contribution in [2.75, 3.05) is 13.7 Å². The fraction of sp³-hybridized carbons (Fsp3) is 0.188. The highest BCUT2D eigenvalue weighted by Crippen LogP contribution is 2.44. The monoisotopic (exact) mass is 525 g/mol. The number of hydrogen-bond donors (Lipinski definition) is 1. The number of hydrogen-bond acceptors (Lipinski definition) is 5. The summed E-state index contributed by atoms with van der Waals surface area (Å²) >= 11 is 0. The molecule has 0 bridgehead atoms. The van der Waals surface area contributed by atoms with Gasteiger partial charge in [-0.3, -0.25) is 0 Å². The van der Waals surface area contributed by atoms with E-state index in [0.717, 1.165) is 27.8 Å². The van der Waals surface area contributed by atoms with Crippen molar-refractivity contribution in [2.24, 2.45) is 0 Å². The van der Waals surface area contributed by atoms with E-state index >= 15 is 0 Å². The van der Waals surface area contributed by atoms with Crippen LogP contribution >= 0.6 is 0 Å². The minimum Gasteiger partial charge on any atom is -0.489 e. The van der Waals surface area contributed by atoms with Gasteiger partial charge in [0, 0.05) is 18.4 Å². The van der Waals surface area contributed by atoms with Gasteiger partial charge in [-0.25, -0.2) is 14.0 Å². The van der Waals surface area contributed by atoms with Gasteiger partial charge >= 0.3 is 12.1 Å². The molecule has 198 valence electrons. The van der Waals surface area contributed by atoms with Gasteiger partial charge in [0.15, 0.2) is 0 Å². The highest BCUT2D eigenvalue weighted by molar-refractivity contribution is 5.82. The SMILES string of the molecule is COC(=O)C(Cc1ccc(OCc2ccccc2)cc1F)NC(=O)OCC1c2ccccc2-c2ccccc21. The summed E-state index contributed by atoms with van der Waals surface area (Å²) in [6.45, 7) is 0.392. The fourth-order valence-corrected chi connectivity index (χ4v) is 4.86. The van der Waals surface area contributed by atoms with Crippen LogP contribution < -0.4 is 10.1 Å². The van der Waals surface area contributed by atoms with Gasteiger partial charge in [-0.1, -0.05) is 84.9 Å². The summed E-state index contributed by atoms with van der Waals surface area (Å²) in [6, 6.07) is 28.9. The molecule has 7 heteroatoms. The maximum Gasteiger partial charge on any atom is 0.407 e. The van der Waals surface area contributed by atoms with Crippen LogP contribution in [0.5, 0.6) is 5.75 Å². The molecule has 0 aromatic heterocycles. The number of nitrogens with one attached hydrogen (secondary N) is 1. The van der Waals surface area contributed by atoms with Crippen LogP contribution in [0.4, 0.5) is 9.18 Å². The zero-order valence-corrected chi connectivity index (χ0v) is 21.4. The third-order valence-electron chi connectivity index (χ3n) is 6.82. The first-order valence-corrected chi connectivity index (χ1v) is 12.7. The van der Waals surface area contributed by atoms with Crippen molar-refractivity contribution in [1.82, 2.24) is 5.32 Å². The minimum absolute atomic E-state index is 0.0928. The molecule has 1 amide bonds. The average molecular weight is 526 g/mol. The molecular formula is C32H28FNO5. The van der Waals surface area contributed by atoms with Crippen LogP contribution in [-0.2, 0) is 27.3 Å². The molecule has 0 heterocycles. The Hall–Kier alpha value is -4.65. The molecule has 1 unspecified atom stereocenters. The normalized spacial score (nSPS) is 12.7. The number of carbonyl (C=O) groups is 2. The molecule has 6 nitrogen and oxygen atoms in total. The molecule has 0 saturated carbocycles. The Morgan fingerprint density at radius 1 is 0.872 bits per heavy atom. The number of methoxy groups -OCH3 is 1. The number of benzene rings is 4. The van der Waals surface area contributed by atoms with Crippen molar-refractivity contribution in [3.8, 4) is 16.9 Å². The zero-order chi connectivity index (χ0) is 27.2. The average Bonchev–Trinajstić information content (AvgIpc) is 3.29. The van der Waals surface area contributed by atoms with Crippen molar-refractivity contribution in [1.29, 1.82) is 0 Å². The molecule has 5 rings (SSSR count). The smallest absolute Gasteiger partial charge is 0.407 e. The second-order valence-electron chi connectivity index (χ2n) is 9.28. The molecule has 0 radical (unpaired) electrons. The standard InChI is InChI=1S/C32H28FNO5/c1-37-31(35)30(17-22-15-16-23(18-29(22)33)38-19-21-9-3-2-4-10-21)34-32(36)39-20-28-26-13-7-5-11-24(26)25-12-6-8-14-27(25)28/h2-16,18,28,30H,17,19-20H2,1H3,(H,34,36). The maximum absolute atomic E-state index is 14.9. The molecule has 0 fully saturated rings. The second kappa shape index (κ2) is 11.8. The molecule has 4 aromatic carbocycles. The van der Waals surface area contributed by atoms with E-state index < -0.39 is 23.9 Å². The Kier molecular flexibility index (Phi) is 7.87. The fourth-order valence-electron chi connectivity index (χ4n) is 4.86. The van der Waals surface area contributed by atoms with Gasteiger partial charge in [-0.2, -0.15) is 0 Å². The lowest BCUT2D eigenvalue weighted by molar-refractivity contribution is -0.143. The van der Waals surface area contributed by atoms with E-state index in [9.17, 15) is 14.0 Å². The Morgan fingerprint density at radius 2 is 1.51 bits per heavy atom. The predicted octanol–water partition coefficient (Wildman–Crippen LogP) is 6.03. The minimum atomic E-state index is -1.13. The van der Waals surface area contributed by atoms with Crippen LogP contribution in [0.2, 0.25) is 0 Å². The lowest BCUT2D eigenvalue weighted by Crippen LogP contribution is -2.43. The molecule has 1 aliphatic carbocycles. The van der Waals surface area contributed by atoms with Gasteiger partial charge < -0.3 is 19.5 Å². The maximum atomic E-state index is 14.9. The molecule has 0 spiro atoms. The zero-order valence-electron chi connectivity index (χ0n) is 21.4. The van der Waals surface area contributed by atoms with E-state index in [1.807, 2.05) is 78.9 Å². The summed E-state index contributed by atoms with van der Waals surface area (Å²) in [5, 5.41) is 2.54. The van der Waals surface area contributed by atoms with Crippen LogP contribution in [0, 0.1) is 5.82 Å². The van der Waals surface area contributed by atoms with Gasteiger partial charge in [0.2, 0.25) is 0 Å². The summed E-state index contributed by atoms with van der Waals surface area (Å²) in [5.41, 5.74) is 5.57. The number of alkyl carbamates (subject to hydrolysis) is 1. The summed E-state index contributed by atoms with van der Waals surface area (Å²) in [7, 11) is 1.21. The van der Waals surface area contributed by atoms with E-state index in [0.29, 0.717) is 12.4 Å². The van der Waals surface area contributed by atoms with Gasteiger partial charge in [0.05, 0.1) is 7.11 Å². The Morgan fingerprint density at radius 3 is 2.15 bits per heavy atom. The molecule has 0 saturated heterocycles. The highest BCUT2D eigenvalue weighted by Gasteiger charge is 2.30. The number of esters is 1.